The van der Waals surface area contributed by atoms with E-state index in [1.54, 1.807) is 6.07 Å². The summed E-state index contributed by atoms with van der Waals surface area (Å²) in [6.45, 7) is 1.85. The zero-order valence-corrected chi connectivity index (χ0v) is 7.85. The maximum atomic E-state index is 11.5. The Bertz CT molecular complexity index is 516. The first-order chi connectivity index (χ1) is 6.18. The third kappa shape index (κ3) is 1.33. The summed E-state index contributed by atoms with van der Waals surface area (Å²) < 4.78 is 0. The fraction of sp³-hybridized carbons (Fsp3) is 0.100. The van der Waals surface area contributed by atoms with Gasteiger partial charge in [0, 0.05) is 5.69 Å². The molecule has 0 amide bonds. The standard InChI is InChI=1S/C10H8ClNO/c1-6-5-7-3-2-4-8(11)9(7)10(13)12-6/h2-5H,1H3,(H,12,13). The minimum Gasteiger partial charge on any atom is -0.326 e. The van der Waals surface area contributed by atoms with Gasteiger partial charge in [-0.1, -0.05) is 23.7 Å². The average molecular weight is 194 g/mol. The van der Waals surface area contributed by atoms with Gasteiger partial charge in [-0.3, -0.25) is 4.79 Å². The van der Waals surface area contributed by atoms with Gasteiger partial charge in [0.2, 0.25) is 0 Å². The Morgan fingerprint density at radius 3 is 2.92 bits per heavy atom. The van der Waals surface area contributed by atoms with Gasteiger partial charge in [0.05, 0.1) is 10.4 Å². The first-order valence-electron chi connectivity index (χ1n) is 3.96. The molecule has 0 aliphatic rings. The topological polar surface area (TPSA) is 32.9 Å². The maximum absolute atomic E-state index is 11.5. The van der Waals surface area contributed by atoms with E-state index >= 15 is 0 Å². The molecule has 1 aromatic carbocycles. The van der Waals surface area contributed by atoms with Gasteiger partial charge in [-0.2, -0.15) is 0 Å². The highest BCUT2D eigenvalue weighted by Crippen LogP contribution is 2.19. The average Bonchev–Trinajstić information content (AvgIpc) is 2.02. The number of benzene rings is 1. The van der Waals surface area contributed by atoms with Crippen molar-refractivity contribution < 1.29 is 0 Å². The minimum absolute atomic E-state index is 0.124. The summed E-state index contributed by atoms with van der Waals surface area (Å²) in [5, 5.41) is 1.95. The van der Waals surface area contributed by atoms with Crippen molar-refractivity contribution >= 4 is 22.4 Å². The molecule has 0 fully saturated rings. The van der Waals surface area contributed by atoms with E-state index in [1.807, 2.05) is 25.1 Å². The number of rotatable bonds is 0. The normalized spacial score (nSPS) is 10.6. The molecule has 3 heteroatoms. The number of H-pyrrole nitrogens is 1. The minimum atomic E-state index is -0.124. The number of aromatic nitrogens is 1. The lowest BCUT2D eigenvalue weighted by atomic mass is 10.1. The summed E-state index contributed by atoms with van der Waals surface area (Å²) in [6, 6.07) is 7.34. The van der Waals surface area contributed by atoms with Gasteiger partial charge in [-0.05, 0) is 24.4 Å². The number of hydrogen-bond donors (Lipinski definition) is 1. The van der Waals surface area contributed by atoms with E-state index < -0.39 is 0 Å². The van der Waals surface area contributed by atoms with Crippen LogP contribution in [0.1, 0.15) is 5.69 Å². The van der Waals surface area contributed by atoms with Crippen molar-refractivity contribution in [3.8, 4) is 0 Å². The molecule has 0 radical (unpaired) electrons. The number of aryl methyl sites for hydroxylation is 1. The number of nitrogens with one attached hydrogen (secondary N) is 1. The molecule has 0 spiro atoms. The van der Waals surface area contributed by atoms with Gasteiger partial charge in [0.1, 0.15) is 0 Å². The van der Waals surface area contributed by atoms with Crippen molar-refractivity contribution in [2.75, 3.05) is 0 Å². The Hall–Kier alpha value is -1.28. The van der Waals surface area contributed by atoms with Crippen LogP contribution in [0.4, 0.5) is 0 Å². The van der Waals surface area contributed by atoms with Crippen LogP contribution in [0.25, 0.3) is 10.8 Å². The highest BCUT2D eigenvalue weighted by Gasteiger charge is 2.02. The first-order valence-corrected chi connectivity index (χ1v) is 4.34. The lowest BCUT2D eigenvalue weighted by Gasteiger charge is -1.99. The first kappa shape index (κ1) is 8.32. The zero-order valence-electron chi connectivity index (χ0n) is 7.10. The number of fused-ring (bicyclic) bond motifs is 1. The van der Waals surface area contributed by atoms with Crippen molar-refractivity contribution in [2.24, 2.45) is 0 Å². The molecule has 13 heavy (non-hydrogen) atoms. The van der Waals surface area contributed by atoms with E-state index in [4.69, 9.17) is 11.6 Å². The molecule has 66 valence electrons. The van der Waals surface area contributed by atoms with E-state index in [0.29, 0.717) is 10.4 Å². The predicted octanol–water partition coefficient (Wildman–Crippen LogP) is 2.49. The van der Waals surface area contributed by atoms with Crippen molar-refractivity contribution in [3.05, 3.63) is 45.3 Å². The number of hydrogen-bond acceptors (Lipinski definition) is 1. The molecule has 2 aromatic rings. The summed E-state index contributed by atoms with van der Waals surface area (Å²) in [5.74, 6) is 0. The summed E-state index contributed by atoms with van der Waals surface area (Å²) >= 11 is 5.89. The lowest BCUT2D eigenvalue weighted by Crippen LogP contribution is -2.07. The molecule has 1 aromatic heterocycles. The van der Waals surface area contributed by atoms with Crippen LogP contribution in [0.3, 0.4) is 0 Å². The maximum Gasteiger partial charge on any atom is 0.257 e. The number of aromatic amines is 1. The van der Waals surface area contributed by atoms with E-state index in [0.717, 1.165) is 11.1 Å². The van der Waals surface area contributed by atoms with Crippen LogP contribution in [0, 0.1) is 6.92 Å². The van der Waals surface area contributed by atoms with E-state index in [9.17, 15) is 4.79 Å². The van der Waals surface area contributed by atoms with Crippen molar-refractivity contribution in [3.63, 3.8) is 0 Å². The largest absolute Gasteiger partial charge is 0.326 e. The Balaban J connectivity index is 3.03. The van der Waals surface area contributed by atoms with Crippen molar-refractivity contribution in [1.29, 1.82) is 0 Å². The number of halogens is 1. The molecule has 0 unspecified atom stereocenters. The Kier molecular flexibility index (Phi) is 1.85. The van der Waals surface area contributed by atoms with Gasteiger partial charge in [-0.25, -0.2) is 0 Å². The summed E-state index contributed by atoms with van der Waals surface area (Å²) in [6.07, 6.45) is 0. The molecule has 0 aliphatic heterocycles. The monoisotopic (exact) mass is 193 g/mol. The molecule has 0 saturated carbocycles. The molecule has 2 nitrogen and oxygen atoms in total. The van der Waals surface area contributed by atoms with Gasteiger partial charge >= 0.3 is 0 Å². The van der Waals surface area contributed by atoms with Gasteiger partial charge in [-0.15, -0.1) is 0 Å². The molecule has 0 atom stereocenters. The van der Waals surface area contributed by atoms with Crippen LogP contribution < -0.4 is 5.56 Å². The van der Waals surface area contributed by atoms with Crippen LogP contribution >= 0.6 is 11.6 Å². The second kappa shape index (κ2) is 2.89. The van der Waals surface area contributed by atoms with Crippen LogP contribution in [0.5, 0.6) is 0 Å². The molecular weight excluding hydrogens is 186 g/mol. The van der Waals surface area contributed by atoms with E-state index in [2.05, 4.69) is 4.98 Å². The summed E-state index contributed by atoms with van der Waals surface area (Å²) in [4.78, 5) is 14.2. The smallest absolute Gasteiger partial charge is 0.257 e. The van der Waals surface area contributed by atoms with Crippen molar-refractivity contribution in [1.82, 2.24) is 4.98 Å². The molecular formula is C10H8ClNO. The summed E-state index contributed by atoms with van der Waals surface area (Å²) in [5.41, 5.74) is 0.723. The highest BCUT2D eigenvalue weighted by atomic mass is 35.5. The van der Waals surface area contributed by atoms with E-state index in [-0.39, 0.29) is 5.56 Å². The third-order valence-corrected chi connectivity index (χ3v) is 2.27. The molecule has 1 N–H and O–H groups in total. The highest BCUT2D eigenvalue weighted by molar-refractivity contribution is 6.35. The van der Waals surface area contributed by atoms with E-state index in [1.165, 1.54) is 0 Å². The van der Waals surface area contributed by atoms with Crippen molar-refractivity contribution in [2.45, 2.75) is 6.92 Å². The zero-order chi connectivity index (χ0) is 9.42. The Labute approximate surface area is 80.2 Å². The second-order valence-corrected chi connectivity index (χ2v) is 3.39. The SMILES string of the molecule is Cc1cc2cccc(Cl)c2c(=O)[nH]1. The quantitative estimate of drug-likeness (QED) is 0.685. The van der Waals surface area contributed by atoms with Gasteiger partial charge in [0.25, 0.3) is 5.56 Å². The Morgan fingerprint density at radius 1 is 1.38 bits per heavy atom. The fourth-order valence-electron chi connectivity index (χ4n) is 1.41. The van der Waals surface area contributed by atoms with Gasteiger partial charge < -0.3 is 4.98 Å². The van der Waals surface area contributed by atoms with Crippen LogP contribution in [0.2, 0.25) is 5.02 Å². The van der Waals surface area contributed by atoms with Gasteiger partial charge in [0.15, 0.2) is 0 Å². The van der Waals surface area contributed by atoms with Crippen LogP contribution in [0.15, 0.2) is 29.1 Å². The lowest BCUT2D eigenvalue weighted by molar-refractivity contribution is 1.17. The molecule has 0 saturated heterocycles. The number of pyridine rings is 1. The molecule has 0 aliphatic carbocycles. The third-order valence-electron chi connectivity index (χ3n) is 1.96. The van der Waals surface area contributed by atoms with Crippen LogP contribution in [-0.2, 0) is 0 Å². The summed E-state index contributed by atoms with van der Waals surface area (Å²) in [7, 11) is 0. The second-order valence-electron chi connectivity index (χ2n) is 2.99. The predicted molar refractivity (Wildman–Crippen MR) is 54.3 cm³/mol. The Morgan fingerprint density at radius 2 is 2.15 bits per heavy atom. The van der Waals surface area contributed by atoms with Crippen LogP contribution in [-0.4, -0.2) is 4.98 Å². The fourth-order valence-corrected chi connectivity index (χ4v) is 1.68. The molecule has 2 rings (SSSR count). The molecule has 0 bridgehead atoms. The molecule has 1 heterocycles.